The van der Waals surface area contributed by atoms with Gasteiger partial charge in [-0.25, -0.2) is 5.14 Å². The van der Waals surface area contributed by atoms with Crippen LogP contribution in [0.3, 0.4) is 0 Å². The third-order valence-corrected chi connectivity index (χ3v) is 4.55. The molecule has 0 aromatic heterocycles. The summed E-state index contributed by atoms with van der Waals surface area (Å²) < 4.78 is 23.5. The first kappa shape index (κ1) is 15.0. The molecule has 0 atom stereocenters. The summed E-state index contributed by atoms with van der Waals surface area (Å²) >= 11 is 5.88. The number of carbonyl (C=O) groups excluding carboxylic acids is 1. The van der Waals surface area contributed by atoms with Gasteiger partial charge in [-0.05, 0) is 18.2 Å². The van der Waals surface area contributed by atoms with Crippen molar-refractivity contribution in [1.29, 1.82) is 0 Å². The fourth-order valence-electron chi connectivity index (χ4n) is 1.99. The van der Waals surface area contributed by atoms with Crippen LogP contribution in [0.4, 0.5) is 5.69 Å². The van der Waals surface area contributed by atoms with Crippen molar-refractivity contribution < 1.29 is 13.2 Å². The van der Waals surface area contributed by atoms with Gasteiger partial charge in [-0.3, -0.25) is 4.79 Å². The van der Waals surface area contributed by atoms with Crippen LogP contribution in [0.25, 0.3) is 0 Å². The van der Waals surface area contributed by atoms with E-state index >= 15 is 0 Å². The zero-order valence-electron chi connectivity index (χ0n) is 10.6. The molecule has 1 amide bonds. The average Bonchev–Trinajstić information content (AvgIpc) is 2.40. The van der Waals surface area contributed by atoms with E-state index in [-0.39, 0.29) is 32.1 Å². The van der Waals surface area contributed by atoms with Gasteiger partial charge in [0.15, 0.2) is 0 Å². The maximum Gasteiger partial charge on any atom is 0.277 e. The number of amides is 1. The van der Waals surface area contributed by atoms with Gasteiger partial charge in [-0.1, -0.05) is 11.6 Å². The van der Waals surface area contributed by atoms with Gasteiger partial charge in [0, 0.05) is 31.7 Å². The molecule has 0 saturated carbocycles. The van der Waals surface area contributed by atoms with Crippen molar-refractivity contribution in [3.8, 4) is 0 Å². The molecule has 0 bridgehead atoms. The van der Waals surface area contributed by atoms with Crippen LogP contribution in [0.5, 0.6) is 0 Å². The Morgan fingerprint density at radius 2 is 1.80 bits per heavy atom. The van der Waals surface area contributed by atoms with Gasteiger partial charge in [0.05, 0.1) is 10.7 Å². The standard InChI is InChI=1S/C11H15ClN4O3S/c12-9-7-8(1-2-10(9)13)11(17)15-3-5-16(6-4-15)20(14,18)19/h1-2,7H,3-6,13H2,(H2,14,18,19). The number of nitrogens with zero attached hydrogens (tertiary/aromatic N) is 2. The summed E-state index contributed by atoms with van der Waals surface area (Å²) in [6.45, 7) is 0.953. The van der Waals surface area contributed by atoms with E-state index in [0.717, 1.165) is 4.31 Å². The number of rotatable bonds is 2. The smallest absolute Gasteiger partial charge is 0.277 e. The second-order valence-electron chi connectivity index (χ2n) is 4.47. The van der Waals surface area contributed by atoms with Crippen molar-refractivity contribution >= 4 is 33.4 Å². The van der Waals surface area contributed by atoms with E-state index in [2.05, 4.69) is 0 Å². The van der Waals surface area contributed by atoms with Crippen LogP contribution in [-0.2, 0) is 10.2 Å². The first-order chi connectivity index (χ1) is 9.29. The van der Waals surface area contributed by atoms with E-state index in [1.165, 1.54) is 6.07 Å². The lowest BCUT2D eigenvalue weighted by atomic mass is 10.1. The Morgan fingerprint density at radius 3 is 2.30 bits per heavy atom. The Bertz CT molecular complexity index is 627. The van der Waals surface area contributed by atoms with Crippen molar-refractivity contribution in [3.63, 3.8) is 0 Å². The average molecular weight is 319 g/mol. The number of carbonyl (C=O) groups is 1. The summed E-state index contributed by atoms with van der Waals surface area (Å²) in [5, 5.41) is 5.36. The molecule has 1 aliphatic rings. The zero-order valence-corrected chi connectivity index (χ0v) is 12.2. The number of piperazine rings is 1. The lowest BCUT2D eigenvalue weighted by Crippen LogP contribution is -2.52. The lowest BCUT2D eigenvalue weighted by Gasteiger charge is -2.33. The summed E-state index contributed by atoms with van der Waals surface area (Å²) in [6, 6.07) is 4.66. The fraction of sp³-hybridized carbons (Fsp3) is 0.364. The van der Waals surface area contributed by atoms with Gasteiger partial charge in [0.2, 0.25) is 0 Å². The zero-order chi connectivity index (χ0) is 14.9. The minimum absolute atomic E-state index is 0.188. The minimum atomic E-state index is -3.69. The molecular weight excluding hydrogens is 304 g/mol. The monoisotopic (exact) mass is 318 g/mol. The van der Waals surface area contributed by atoms with E-state index < -0.39 is 10.2 Å². The van der Waals surface area contributed by atoms with Crippen molar-refractivity contribution in [1.82, 2.24) is 9.21 Å². The Labute approximate surface area is 122 Å². The van der Waals surface area contributed by atoms with Crippen LogP contribution in [0.1, 0.15) is 10.4 Å². The van der Waals surface area contributed by atoms with Gasteiger partial charge in [0.25, 0.3) is 16.1 Å². The minimum Gasteiger partial charge on any atom is -0.398 e. The number of nitrogen functional groups attached to an aromatic ring is 1. The normalized spacial score (nSPS) is 17.2. The van der Waals surface area contributed by atoms with Crippen molar-refractivity contribution in [3.05, 3.63) is 28.8 Å². The molecule has 2 rings (SSSR count). The summed E-state index contributed by atoms with van der Waals surface area (Å²) in [6.07, 6.45) is 0. The number of halogens is 1. The highest BCUT2D eigenvalue weighted by molar-refractivity contribution is 7.86. The Morgan fingerprint density at radius 1 is 1.20 bits per heavy atom. The molecule has 0 radical (unpaired) electrons. The maximum absolute atomic E-state index is 12.2. The molecule has 1 fully saturated rings. The third-order valence-electron chi connectivity index (χ3n) is 3.13. The maximum atomic E-state index is 12.2. The molecule has 1 aromatic carbocycles. The summed E-state index contributed by atoms with van der Waals surface area (Å²) in [5.41, 5.74) is 6.42. The first-order valence-electron chi connectivity index (χ1n) is 5.91. The van der Waals surface area contributed by atoms with Crippen LogP contribution in [-0.4, -0.2) is 49.7 Å². The fourth-order valence-corrected chi connectivity index (χ4v) is 2.84. The van der Waals surface area contributed by atoms with Crippen LogP contribution in [0.2, 0.25) is 5.02 Å². The SMILES string of the molecule is Nc1ccc(C(=O)N2CCN(S(N)(=O)=O)CC2)cc1Cl. The number of nitrogens with two attached hydrogens (primary N) is 2. The van der Waals surface area contributed by atoms with Crippen LogP contribution < -0.4 is 10.9 Å². The van der Waals surface area contributed by atoms with E-state index in [4.69, 9.17) is 22.5 Å². The highest BCUT2D eigenvalue weighted by Crippen LogP contribution is 2.21. The van der Waals surface area contributed by atoms with Crippen LogP contribution >= 0.6 is 11.6 Å². The van der Waals surface area contributed by atoms with E-state index in [0.29, 0.717) is 16.3 Å². The number of hydrogen-bond acceptors (Lipinski definition) is 4. The van der Waals surface area contributed by atoms with Gasteiger partial charge >= 0.3 is 0 Å². The second-order valence-corrected chi connectivity index (χ2v) is 6.43. The molecule has 1 saturated heterocycles. The molecule has 1 aromatic rings. The molecule has 0 unspecified atom stereocenters. The molecule has 7 nitrogen and oxygen atoms in total. The highest BCUT2D eigenvalue weighted by Gasteiger charge is 2.27. The number of anilines is 1. The largest absolute Gasteiger partial charge is 0.398 e. The molecule has 110 valence electrons. The van der Waals surface area contributed by atoms with Crippen molar-refractivity contribution in [2.45, 2.75) is 0 Å². The predicted octanol–water partition coefficient (Wildman–Crippen LogP) is -0.116. The number of hydrogen-bond donors (Lipinski definition) is 2. The van der Waals surface area contributed by atoms with E-state index in [9.17, 15) is 13.2 Å². The molecular formula is C11H15ClN4O3S. The Balaban J connectivity index is 2.07. The molecule has 1 aliphatic heterocycles. The van der Waals surface area contributed by atoms with Crippen LogP contribution in [0.15, 0.2) is 18.2 Å². The molecule has 0 aliphatic carbocycles. The van der Waals surface area contributed by atoms with Gasteiger partial charge in [0.1, 0.15) is 0 Å². The summed E-state index contributed by atoms with van der Waals surface area (Å²) in [5.74, 6) is -0.207. The summed E-state index contributed by atoms with van der Waals surface area (Å²) in [4.78, 5) is 13.8. The molecule has 4 N–H and O–H groups in total. The van der Waals surface area contributed by atoms with Gasteiger partial charge in [-0.15, -0.1) is 0 Å². The topological polar surface area (TPSA) is 110 Å². The number of benzene rings is 1. The van der Waals surface area contributed by atoms with Crippen molar-refractivity contribution in [2.75, 3.05) is 31.9 Å². The van der Waals surface area contributed by atoms with Crippen LogP contribution in [0, 0.1) is 0 Å². The second kappa shape index (κ2) is 5.57. The van der Waals surface area contributed by atoms with Gasteiger partial charge < -0.3 is 10.6 Å². The Kier molecular flexibility index (Phi) is 4.19. The summed E-state index contributed by atoms with van der Waals surface area (Å²) in [7, 11) is -3.69. The third kappa shape index (κ3) is 3.21. The van der Waals surface area contributed by atoms with E-state index in [1.807, 2.05) is 0 Å². The molecule has 9 heteroatoms. The van der Waals surface area contributed by atoms with E-state index in [1.54, 1.807) is 17.0 Å². The van der Waals surface area contributed by atoms with Gasteiger partial charge in [-0.2, -0.15) is 12.7 Å². The Hall–Kier alpha value is -1.35. The molecule has 20 heavy (non-hydrogen) atoms. The molecule has 1 heterocycles. The lowest BCUT2D eigenvalue weighted by molar-refractivity contribution is 0.0698. The highest BCUT2D eigenvalue weighted by atomic mass is 35.5. The van der Waals surface area contributed by atoms with Crippen molar-refractivity contribution in [2.24, 2.45) is 5.14 Å². The first-order valence-corrected chi connectivity index (χ1v) is 7.79. The quantitative estimate of drug-likeness (QED) is 0.741. The predicted molar refractivity (Wildman–Crippen MR) is 76.4 cm³/mol. The molecule has 0 spiro atoms.